The summed E-state index contributed by atoms with van der Waals surface area (Å²) >= 11 is 0. The van der Waals surface area contributed by atoms with Crippen LogP contribution in [-0.2, 0) is 26.9 Å². The number of unbranched alkanes of at least 4 members (excludes halogenated alkanes) is 2. The van der Waals surface area contributed by atoms with Crippen LogP contribution in [0.4, 0.5) is 0 Å². The van der Waals surface area contributed by atoms with Crippen LogP contribution in [0.1, 0.15) is 51.2 Å². The molecule has 4 nitrogen and oxygen atoms in total. The Balaban J connectivity index is 2.03. The molecule has 0 spiro atoms. The molecule has 128 valence electrons. The van der Waals surface area contributed by atoms with Crippen molar-refractivity contribution in [1.82, 2.24) is 0 Å². The fraction of sp³-hybridized carbons (Fsp3) is 0.579. The second-order valence-electron chi connectivity index (χ2n) is 7.19. The van der Waals surface area contributed by atoms with Gasteiger partial charge in [0, 0.05) is 12.8 Å². The summed E-state index contributed by atoms with van der Waals surface area (Å²) in [5, 5.41) is 8.87. The molecule has 1 aromatic rings. The average Bonchev–Trinajstić information content (AvgIpc) is 2.73. The number of hydrogen-bond acceptors (Lipinski definition) is 4. The van der Waals surface area contributed by atoms with Crippen molar-refractivity contribution in [2.24, 2.45) is 0 Å². The molecule has 1 aliphatic heterocycles. The van der Waals surface area contributed by atoms with Gasteiger partial charge in [-0.05, 0) is 44.6 Å². The van der Waals surface area contributed by atoms with Crippen molar-refractivity contribution in [2.45, 2.75) is 70.4 Å². The summed E-state index contributed by atoms with van der Waals surface area (Å²) in [6.07, 6.45) is 5.32. The predicted molar refractivity (Wildman–Crippen MR) is 94.6 cm³/mol. The third-order valence-electron chi connectivity index (χ3n) is 4.92. The Morgan fingerprint density at radius 1 is 1.21 bits per heavy atom. The lowest BCUT2D eigenvalue weighted by molar-refractivity contribution is -0.107. The smallest absolute Gasteiger partial charge is 0.403 e. The summed E-state index contributed by atoms with van der Waals surface area (Å²) < 4.78 is 12.4. The molecule has 0 aliphatic carbocycles. The predicted octanol–water partition coefficient (Wildman–Crippen LogP) is 3.74. The molecule has 0 aromatic heterocycles. The molecule has 5 heteroatoms. The number of rotatable bonds is 8. The molecule has 1 heterocycles. The molecule has 24 heavy (non-hydrogen) atoms. The second-order valence-corrected chi connectivity index (χ2v) is 7.19. The van der Waals surface area contributed by atoms with Crippen LogP contribution in [0.5, 0.6) is 0 Å². The lowest BCUT2D eigenvalue weighted by atomic mass is 9.81. The number of benzene rings is 1. The van der Waals surface area contributed by atoms with Crippen LogP contribution in [-0.4, -0.2) is 24.6 Å². The molecule has 2 rings (SSSR count). The maximum absolute atomic E-state index is 10.4. The van der Waals surface area contributed by atoms with E-state index in [1.807, 2.05) is 12.1 Å². The fourth-order valence-electron chi connectivity index (χ4n) is 3.15. The number of carbonyl (C=O) groups excluding carboxylic acids is 1. The summed E-state index contributed by atoms with van der Waals surface area (Å²) in [6, 6.07) is 10.3. The van der Waals surface area contributed by atoms with E-state index in [4.69, 9.17) is 14.6 Å². The van der Waals surface area contributed by atoms with Gasteiger partial charge in [0.05, 0.1) is 23.7 Å². The average molecular weight is 327 g/mol. The van der Waals surface area contributed by atoms with Gasteiger partial charge in [-0.25, -0.2) is 0 Å². The SMILES string of the molecule is CC1(C)OB(CCCCC=O)OC1(C)Cc1cccc(CC#N)c1. The van der Waals surface area contributed by atoms with Gasteiger partial charge in [-0.3, -0.25) is 0 Å². The molecule has 1 aliphatic rings. The van der Waals surface area contributed by atoms with Crippen LogP contribution in [0.2, 0.25) is 6.32 Å². The number of carbonyl (C=O) groups is 1. The fourth-order valence-corrected chi connectivity index (χ4v) is 3.15. The van der Waals surface area contributed by atoms with E-state index in [2.05, 4.69) is 39.0 Å². The first-order valence-electron chi connectivity index (χ1n) is 8.64. The highest BCUT2D eigenvalue weighted by molar-refractivity contribution is 6.45. The molecule has 0 radical (unpaired) electrons. The Morgan fingerprint density at radius 3 is 2.67 bits per heavy atom. The monoisotopic (exact) mass is 327 g/mol. The summed E-state index contributed by atoms with van der Waals surface area (Å²) in [7, 11) is -0.223. The van der Waals surface area contributed by atoms with Gasteiger partial charge in [0.1, 0.15) is 6.29 Å². The highest BCUT2D eigenvalue weighted by Crippen LogP contribution is 2.41. The lowest BCUT2D eigenvalue weighted by Gasteiger charge is -2.36. The second kappa shape index (κ2) is 7.96. The third kappa shape index (κ3) is 4.46. The van der Waals surface area contributed by atoms with E-state index in [0.29, 0.717) is 12.8 Å². The zero-order valence-corrected chi connectivity index (χ0v) is 14.9. The van der Waals surface area contributed by atoms with Crippen molar-refractivity contribution in [1.29, 1.82) is 5.26 Å². The van der Waals surface area contributed by atoms with Gasteiger partial charge in [0.15, 0.2) is 0 Å². The molecule has 0 saturated carbocycles. The summed E-state index contributed by atoms with van der Waals surface area (Å²) in [6.45, 7) is 6.23. The van der Waals surface area contributed by atoms with Crippen molar-refractivity contribution in [3.63, 3.8) is 0 Å². The highest BCUT2D eigenvalue weighted by atomic mass is 16.7. The molecule has 0 bridgehead atoms. The highest BCUT2D eigenvalue weighted by Gasteiger charge is 2.53. The van der Waals surface area contributed by atoms with Crippen molar-refractivity contribution in [3.05, 3.63) is 35.4 Å². The minimum Gasteiger partial charge on any atom is -0.403 e. The van der Waals surface area contributed by atoms with E-state index in [0.717, 1.165) is 43.0 Å². The Labute approximate surface area is 145 Å². The van der Waals surface area contributed by atoms with E-state index >= 15 is 0 Å². The molecule has 1 saturated heterocycles. The molecule has 0 N–H and O–H groups in total. The number of hydrogen-bond donors (Lipinski definition) is 0. The Morgan fingerprint density at radius 2 is 1.96 bits per heavy atom. The van der Waals surface area contributed by atoms with Crippen LogP contribution >= 0.6 is 0 Å². The largest absolute Gasteiger partial charge is 0.457 e. The summed E-state index contributed by atoms with van der Waals surface area (Å²) in [4.78, 5) is 10.4. The molecule has 1 atom stereocenters. The molecular weight excluding hydrogens is 301 g/mol. The van der Waals surface area contributed by atoms with E-state index in [-0.39, 0.29) is 7.12 Å². The molecular formula is C19H26BNO3. The van der Waals surface area contributed by atoms with Crippen molar-refractivity contribution < 1.29 is 14.1 Å². The molecule has 0 amide bonds. The first-order chi connectivity index (χ1) is 11.4. The normalized spacial score (nSPS) is 22.3. The summed E-state index contributed by atoms with van der Waals surface area (Å²) in [5.74, 6) is 0. The molecule has 1 unspecified atom stereocenters. The Bertz CT molecular complexity index is 611. The van der Waals surface area contributed by atoms with Gasteiger partial charge in [0.2, 0.25) is 0 Å². The van der Waals surface area contributed by atoms with Crippen LogP contribution in [0, 0.1) is 11.3 Å². The zero-order chi connectivity index (χ0) is 17.6. The van der Waals surface area contributed by atoms with Gasteiger partial charge in [-0.1, -0.05) is 30.7 Å². The first kappa shape index (κ1) is 18.7. The number of aldehydes is 1. The topological polar surface area (TPSA) is 59.3 Å². The van der Waals surface area contributed by atoms with Gasteiger partial charge in [0.25, 0.3) is 0 Å². The van der Waals surface area contributed by atoms with E-state index in [1.165, 1.54) is 0 Å². The Kier molecular flexibility index (Phi) is 6.20. The Hall–Kier alpha value is -1.64. The van der Waals surface area contributed by atoms with Crippen LogP contribution in [0.3, 0.4) is 0 Å². The molecule has 1 aromatic carbocycles. The summed E-state index contributed by atoms with van der Waals surface area (Å²) in [5.41, 5.74) is 1.37. The van der Waals surface area contributed by atoms with Gasteiger partial charge >= 0.3 is 7.12 Å². The van der Waals surface area contributed by atoms with Crippen LogP contribution in [0.25, 0.3) is 0 Å². The maximum atomic E-state index is 10.4. The van der Waals surface area contributed by atoms with Gasteiger partial charge in [-0.15, -0.1) is 0 Å². The third-order valence-corrected chi connectivity index (χ3v) is 4.92. The van der Waals surface area contributed by atoms with E-state index in [1.54, 1.807) is 0 Å². The van der Waals surface area contributed by atoms with E-state index in [9.17, 15) is 4.79 Å². The van der Waals surface area contributed by atoms with E-state index < -0.39 is 11.2 Å². The van der Waals surface area contributed by atoms with Crippen molar-refractivity contribution >= 4 is 13.4 Å². The lowest BCUT2D eigenvalue weighted by Crippen LogP contribution is -2.46. The van der Waals surface area contributed by atoms with Gasteiger partial charge in [-0.2, -0.15) is 5.26 Å². The minimum atomic E-state index is -0.423. The first-order valence-corrected chi connectivity index (χ1v) is 8.64. The minimum absolute atomic E-state index is 0.223. The van der Waals surface area contributed by atoms with Gasteiger partial charge < -0.3 is 14.1 Å². The number of nitriles is 1. The number of nitrogens with zero attached hydrogens (tertiary/aromatic N) is 1. The maximum Gasteiger partial charge on any atom is 0.457 e. The van der Waals surface area contributed by atoms with Crippen LogP contribution in [0.15, 0.2) is 24.3 Å². The standard InChI is InChI=1S/C19H26BNO3/c1-18(2)19(3,24-20(23-18)11-5-4-6-13-22)15-17-9-7-8-16(14-17)10-12-21/h7-9,13-14H,4-6,10-11,15H2,1-3H3. The van der Waals surface area contributed by atoms with Crippen LogP contribution < -0.4 is 0 Å². The van der Waals surface area contributed by atoms with Crippen molar-refractivity contribution in [2.75, 3.05) is 0 Å². The van der Waals surface area contributed by atoms with Crippen molar-refractivity contribution in [3.8, 4) is 6.07 Å². The molecule has 1 fully saturated rings. The quantitative estimate of drug-likeness (QED) is 0.415. The zero-order valence-electron chi connectivity index (χ0n) is 14.9.